The summed E-state index contributed by atoms with van der Waals surface area (Å²) >= 11 is 0. The average Bonchev–Trinajstić information content (AvgIpc) is 3.17. The smallest absolute Gasteiger partial charge is 0.165 e. The lowest BCUT2D eigenvalue weighted by Gasteiger charge is -2.08. The van der Waals surface area contributed by atoms with E-state index in [-0.39, 0.29) is 0 Å². The van der Waals surface area contributed by atoms with E-state index in [0.717, 1.165) is 50.5 Å². The van der Waals surface area contributed by atoms with Gasteiger partial charge in [-0.25, -0.2) is 9.97 Å². The fraction of sp³-hybridized carbons (Fsp3) is 0.143. The van der Waals surface area contributed by atoms with Crippen molar-refractivity contribution in [2.24, 2.45) is 7.05 Å². The van der Waals surface area contributed by atoms with E-state index < -0.39 is 0 Å². The zero-order chi connectivity index (χ0) is 18.5. The van der Waals surface area contributed by atoms with Crippen LogP contribution in [0, 0.1) is 13.8 Å². The molecule has 0 aliphatic carbocycles. The van der Waals surface area contributed by atoms with Crippen LogP contribution in [0.3, 0.4) is 0 Å². The first-order chi connectivity index (χ1) is 13.1. The van der Waals surface area contributed by atoms with E-state index in [2.05, 4.69) is 39.8 Å². The first kappa shape index (κ1) is 15.7. The maximum absolute atomic E-state index is 4.90. The Morgan fingerprint density at radius 3 is 2.44 bits per heavy atom. The molecule has 0 unspecified atom stereocenters. The molecule has 0 atom stereocenters. The van der Waals surface area contributed by atoms with Crippen LogP contribution in [0.2, 0.25) is 0 Å². The molecule has 0 amide bonds. The Morgan fingerprint density at radius 1 is 0.852 bits per heavy atom. The summed E-state index contributed by atoms with van der Waals surface area (Å²) in [6.45, 7) is 4.09. The first-order valence-corrected chi connectivity index (χ1v) is 8.82. The topological polar surface area (TPSA) is 61.4 Å². The van der Waals surface area contributed by atoms with E-state index in [0.29, 0.717) is 0 Å². The molecule has 0 aliphatic heterocycles. The van der Waals surface area contributed by atoms with Crippen molar-refractivity contribution in [3.05, 3.63) is 66.4 Å². The number of imidazole rings is 1. The third-order valence-corrected chi connectivity index (χ3v) is 5.02. The van der Waals surface area contributed by atoms with Crippen molar-refractivity contribution in [2.45, 2.75) is 13.8 Å². The summed E-state index contributed by atoms with van der Waals surface area (Å²) in [7, 11) is 1.97. The van der Waals surface area contributed by atoms with Crippen LogP contribution in [0.25, 0.3) is 39.0 Å². The number of rotatable bonds is 2. The Kier molecular flexibility index (Phi) is 3.33. The molecule has 0 spiro atoms. The second kappa shape index (κ2) is 5.74. The van der Waals surface area contributed by atoms with Crippen LogP contribution in [0.5, 0.6) is 0 Å². The summed E-state index contributed by atoms with van der Waals surface area (Å²) in [5.41, 5.74) is 6.85. The number of aryl methyl sites for hydroxylation is 3. The molecule has 27 heavy (non-hydrogen) atoms. The third-order valence-electron chi connectivity index (χ3n) is 5.02. The predicted molar refractivity (Wildman–Crippen MR) is 106 cm³/mol. The van der Waals surface area contributed by atoms with E-state index >= 15 is 0 Å². The van der Waals surface area contributed by atoms with Crippen LogP contribution in [0.4, 0.5) is 0 Å². The van der Waals surface area contributed by atoms with Gasteiger partial charge in [0.25, 0.3) is 0 Å². The summed E-state index contributed by atoms with van der Waals surface area (Å²) in [4.78, 5) is 13.7. The summed E-state index contributed by atoms with van der Waals surface area (Å²) in [6.07, 6.45) is 3.56. The third kappa shape index (κ3) is 2.41. The molecule has 0 aliphatic rings. The Labute approximate surface area is 156 Å². The Morgan fingerprint density at radius 2 is 1.63 bits per heavy atom. The maximum atomic E-state index is 4.90. The van der Waals surface area contributed by atoms with Gasteiger partial charge < -0.3 is 0 Å². The summed E-state index contributed by atoms with van der Waals surface area (Å²) in [5.74, 6) is 0.908. The van der Waals surface area contributed by atoms with Gasteiger partial charge in [0.05, 0.1) is 11.2 Å². The highest BCUT2D eigenvalue weighted by Crippen LogP contribution is 2.26. The highest BCUT2D eigenvalue weighted by molar-refractivity contribution is 5.85. The number of nitrogens with zero attached hydrogens (tertiary/aromatic N) is 6. The van der Waals surface area contributed by atoms with E-state index in [9.17, 15) is 0 Å². The first-order valence-electron chi connectivity index (χ1n) is 8.82. The molecule has 4 aromatic heterocycles. The minimum Gasteiger partial charge on any atom is -0.281 e. The van der Waals surface area contributed by atoms with Crippen molar-refractivity contribution >= 4 is 22.1 Å². The van der Waals surface area contributed by atoms with Crippen LogP contribution in [0.15, 0.2) is 54.9 Å². The van der Waals surface area contributed by atoms with Gasteiger partial charge in [-0.15, -0.1) is 0 Å². The molecule has 0 fully saturated rings. The number of fused-ring (bicyclic) bond motifs is 2. The van der Waals surface area contributed by atoms with Crippen LogP contribution < -0.4 is 0 Å². The Hall–Kier alpha value is -3.54. The monoisotopic (exact) mass is 354 g/mol. The summed E-state index contributed by atoms with van der Waals surface area (Å²) < 4.78 is 4.01. The summed E-state index contributed by atoms with van der Waals surface area (Å²) in [5, 5.41) is 5.68. The van der Waals surface area contributed by atoms with Crippen molar-refractivity contribution in [3.63, 3.8) is 0 Å². The van der Waals surface area contributed by atoms with Crippen molar-refractivity contribution in [1.82, 2.24) is 29.3 Å². The lowest BCUT2D eigenvalue weighted by Crippen LogP contribution is -1.99. The SMILES string of the molecule is Cc1c2cc(-n3c(C)nc4ccc(-c5ccncc5)nc43)ccc2nn1C. The van der Waals surface area contributed by atoms with E-state index in [1.54, 1.807) is 12.4 Å². The minimum absolute atomic E-state index is 0.850. The largest absolute Gasteiger partial charge is 0.281 e. The number of benzene rings is 1. The summed E-state index contributed by atoms with van der Waals surface area (Å²) in [6, 6.07) is 14.2. The van der Waals surface area contributed by atoms with Crippen LogP contribution >= 0.6 is 0 Å². The maximum Gasteiger partial charge on any atom is 0.165 e. The van der Waals surface area contributed by atoms with Crippen molar-refractivity contribution in [1.29, 1.82) is 0 Å². The van der Waals surface area contributed by atoms with E-state index in [1.165, 1.54) is 0 Å². The zero-order valence-corrected chi connectivity index (χ0v) is 15.4. The van der Waals surface area contributed by atoms with E-state index in [4.69, 9.17) is 9.97 Å². The van der Waals surface area contributed by atoms with Crippen LogP contribution in [-0.2, 0) is 7.05 Å². The molecule has 0 radical (unpaired) electrons. The molecular weight excluding hydrogens is 336 g/mol. The fourth-order valence-corrected chi connectivity index (χ4v) is 3.51. The number of hydrogen-bond acceptors (Lipinski definition) is 4. The van der Waals surface area contributed by atoms with Gasteiger partial charge in [0.15, 0.2) is 5.65 Å². The standard InChI is InChI=1S/C21H18N6/c1-13-17-12-16(4-5-19(17)25-26(13)3)27-14(2)23-20-7-6-18(24-21(20)27)15-8-10-22-11-9-15/h4-12H,1-3H3. The van der Waals surface area contributed by atoms with Crippen LogP contribution in [0.1, 0.15) is 11.5 Å². The molecule has 6 heteroatoms. The molecule has 0 saturated heterocycles. The molecule has 6 nitrogen and oxygen atoms in total. The van der Waals surface area contributed by atoms with Crippen molar-refractivity contribution < 1.29 is 0 Å². The lowest BCUT2D eigenvalue weighted by molar-refractivity contribution is 0.751. The Balaban J connectivity index is 1.75. The van der Waals surface area contributed by atoms with Crippen molar-refractivity contribution in [3.8, 4) is 16.9 Å². The molecule has 4 heterocycles. The minimum atomic E-state index is 0.850. The Bertz CT molecular complexity index is 1300. The highest BCUT2D eigenvalue weighted by Gasteiger charge is 2.14. The van der Waals surface area contributed by atoms with Crippen LogP contribution in [-0.4, -0.2) is 29.3 Å². The zero-order valence-electron chi connectivity index (χ0n) is 15.4. The average molecular weight is 354 g/mol. The van der Waals surface area contributed by atoms with Gasteiger partial charge >= 0.3 is 0 Å². The fourth-order valence-electron chi connectivity index (χ4n) is 3.51. The predicted octanol–water partition coefficient (Wildman–Crippen LogP) is 3.99. The molecule has 0 N–H and O–H groups in total. The highest BCUT2D eigenvalue weighted by atomic mass is 15.3. The number of aromatic nitrogens is 6. The number of pyridine rings is 2. The second-order valence-corrected chi connectivity index (χ2v) is 6.68. The van der Waals surface area contributed by atoms with Gasteiger partial charge in [0.2, 0.25) is 0 Å². The van der Waals surface area contributed by atoms with Crippen molar-refractivity contribution in [2.75, 3.05) is 0 Å². The van der Waals surface area contributed by atoms with Gasteiger partial charge in [0, 0.05) is 41.8 Å². The molecule has 1 aromatic carbocycles. The molecule has 5 rings (SSSR count). The molecule has 0 saturated carbocycles. The second-order valence-electron chi connectivity index (χ2n) is 6.68. The molecular formula is C21H18N6. The van der Waals surface area contributed by atoms with Gasteiger partial charge in [-0.2, -0.15) is 5.10 Å². The van der Waals surface area contributed by atoms with E-state index in [1.807, 2.05) is 42.9 Å². The quantitative estimate of drug-likeness (QED) is 0.481. The normalized spacial score (nSPS) is 11.5. The number of hydrogen-bond donors (Lipinski definition) is 0. The molecule has 132 valence electrons. The molecule has 0 bridgehead atoms. The van der Waals surface area contributed by atoms with Gasteiger partial charge in [-0.1, -0.05) is 0 Å². The molecule has 5 aromatic rings. The lowest BCUT2D eigenvalue weighted by atomic mass is 10.2. The van der Waals surface area contributed by atoms with Gasteiger partial charge in [0.1, 0.15) is 11.3 Å². The van der Waals surface area contributed by atoms with Gasteiger partial charge in [-0.05, 0) is 56.3 Å². The van der Waals surface area contributed by atoms with Gasteiger partial charge in [-0.3, -0.25) is 14.2 Å².